The van der Waals surface area contributed by atoms with Gasteiger partial charge in [-0.2, -0.15) is 20.5 Å². The van der Waals surface area contributed by atoms with E-state index in [1.54, 1.807) is 0 Å². The first-order valence-corrected chi connectivity index (χ1v) is 5.32. The van der Waals surface area contributed by atoms with Crippen LogP contribution in [-0.4, -0.2) is 25.2 Å². The van der Waals surface area contributed by atoms with Crippen LogP contribution in [0.4, 0.5) is 0 Å². The van der Waals surface area contributed by atoms with Gasteiger partial charge < -0.3 is 0 Å². The van der Waals surface area contributed by atoms with Crippen LogP contribution in [0.3, 0.4) is 0 Å². The SMILES string of the molecule is Cc1n[nH]nc1-c1cc(C(C)(C)C)nn1C. The molecule has 0 saturated carbocycles. The molecule has 16 heavy (non-hydrogen) atoms. The number of nitrogens with zero attached hydrogens (tertiary/aromatic N) is 4. The van der Waals surface area contributed by atoms with E-state index in [0.29, 0.717) is 0 Å². The van der Waals surface area contributed by atoms with Crippen LogP contribution in [0, 0.1) is 6.92 Å². The van der Waals surface area contributed by atoms with Gasteiger partial charge in [-0.15, -0.1) is 0 Å². The molecule has 0 aromatic carbocycles. The van der Waals surface area contributed by atoms with Crippen LogP contribution in [0.5, 0.6) is 0 Å². The van der Waals surface area contributed by atoms with Crippen molar-refractivity contribution < 1.29 is 0 Å². The highest BCUT2D eigenvalue weighted by atomic mass is 15.3. The first kappa shape index (κ1) is 10.9. The lowest BCUT2D eigenvalue weighted by molar-refractivity contribution is 0.553. The summed E-state index contributed by atoms with van der Waals surface area (Å²) in [6, 6.07) is 2.07. The van der Waals surface area contributed by atoms with Crippen LogP contribution < -0.4 is 0 Å². The quantitative estimate of drug-likeness (QED) is 0.795. The minimum Gasteiger partial charge on any atom is -0.266 e. The maximum absolute atomic E-state index is 4.51. The normalized spacial score (nSPS) is 12.1. The Morgan fingerprint density at radius 1 is 1.25 bits per heavy atom. The Morgan fingerprint density at radius 2 is 1.94 bits per heavy atom. The van der Waals surface area contributed by atoms with E-state index in [1.165, 1.54) is 0 Å². The van der Waals surface area contributed by atoms with Crippen molar-refractivity contribution in [1.82, 2.24) is 25.2 Å². The van der Waals surface area contributed by atoms with Crippen LogP contribution in [-0.2, 0) is 12.5 Å². The van der Waals surface area contributed by atoms with Crippen LogP contribution in [0.15, 0.2) is 6.07 Å². The number of aromatic amines is 1. The Morgan fingerprint density at radius 3 is 2.38 bits per heavy atom. The molecule has 0 aliphatic heterocycles. The van der Waals surface area contributed by atoms with Gasteiger partial charge in [0, 0.05) is 12.5 Å². The zero-order valence-corrected chi connectivity index (χ0v) is 10.4. The molecule has 1 N–H and O–H groups in total. The molecule has 2 rings (SSSR count). The van der Waals surface area contributed by atoms with Gasteiger partial charge in [-0.25, -0.2) is 0 Å². The zero-order valence-electron chi connectivity index (χ0n) is 10.4. The first-order valence-electron chi connectivity index (χ1n) is 5.32. The third-order valence-corrected chi connectivity index (χ3v) is 2.61. The van der Waals surface area contributed by atoms with Crippen LogP contribution >= 0.6 is 0 Å². The van der Waals surface area contributed by atoms with E-state index in [2.05, 4.69) is 47.3 Å². The molecular weight excluding hydrogens is 202 g/mol. The summed E-state index contributed by atoms with van der Waals surface area (Å²) >= 11 is 0. The summed E-state index contributed by atoms with van der Waals surface area (Å²) in [6.45, 7) is 8.38. The molecule has 0 amide bonds. The summed E-state index contributed by atoms with van der Waals surface area (Å²) in [5, 5.41) is 15.3. The summed E-state index contributed by atoms with van der Waals surface area (Å²) in [4.78, 5) is 0. The monoisotopic (exact) mass is 219 g/mol. The van der Waals surface area contributed by atoms with Crippen LogP contribution in [0.2, 0.25) is 0 Å². The molecule has 0 saturated heterocycles. The van der Waals surface area contributed by atoms with Gasteiger partial charge >= 0.3 is 0 Å². The third-order valence-electron chi connectivity index (χ3n) is 2.61. The molecule has 0 aliphatic carbocycles. The molecule has 2 heterocycles. The lowest BCUT2D eigenvalue weighted by Gasteiger charge is -2.13. The molecule has 0 atom stereocenters. The predicted molar refractivity (Wildman–Crippen MR) is 62.0 cm³/mol. The number of aryl methyl sites for hydroxylation is 2. The molecule has 0 unspecified atom stereocenters. The third kappa shape index (κ3) is 1.73. The molecule has 2 aromatic heterocycles. The minimum atomic E-state index is 0.0493. The van der Waals surface area contributed by atoms with Gasteiger partial charge in [0.05, 0.1) is 17.1 Å². The van der Waals surface area contributed by atoms with Crippen LogP contribution in [0.25, 0.3) is 11.4 Å². The number of H-pyrrole nitrogens is 1. The van der Waals surface area contributed by atoms with Gasteiger partial charge in [0.25, 0.3) is 0 Å². The standard InChI is InChI=1S/C11H17N5/c1-7-10(13-15-12-7)8-6-9(11(2,3)4)14-16(8)5/h6H,1-5H3,(H,12,13,15). The number of rotatable bonds is 1. The molecular formula is C11H17N5. The zero-order chi connectivity index (χ0) is 11.9. The lowest BCUT2D eigenvalue weighted by atomic mass is 9.92. The summed E-state index contributed by atoms with van der Waals surface area (Å²) in [5.41, 5.74) is 3.87. The fourth-order valence-corrected chi connectivity index (χ4v) is 1.58. The summed E-state index contributed by atoms with van der Waals surface area (Å²) in [7, 11) is 1.93. The van der Waals surface area contributed by atoms with Crippen molar-refractivity contribution in [3.05, 3.63) is 17.5 Å². The molecule has 5 heteroatoms. The number of hydrogen-bond donors (Lipinski definition) is 1. The van der Waals surface area contributed by atoms with E-state index in [4.69, 9.17) is 0 Å². The largest absolute Gasteiger partial charge is 0.266 e. The first-order chi connectivity index (χ1) is 7.39. The van der Waals surface area contributed by atoms with Crippen molar-refractivity contribution in [2.75, 3.05) is 0 Å². The minimum absolute atomic E-state index is 0.0493. The van der Waals surface area contributed by atoms with Crippen molar-refractivity contribution in [2.45, 2.75) is 33.1 Å². The maximum atomic E-state index is 4.51. The summed E-state index contributed by atoms with van der Waals surface area (Å²) in [6.07, 6.45) is 0. The smallest absolute Gasteiger partial charge is 0.133 e. The van der Waals surface area contributed by atoms with Gasteiger partial charge in [0.2, 0.25) is 0 Å². The maximum Gasteiger partial charge on any atom is 0.133 e. The molecule has 5 nitrogen and oxygen atoms in total. The number of aromatic nitrogens is 5. The highest BCUT2D eigenvalue weighted by molar-refractivity contribution is 5.57. The Balaban J connectivity index is 2.52. The molecule has 86 valence electrons. The summed E-state index contributed by atoms with van der Waals surface area (Å²) in [5.74, 6) is 0. The van der Waals surface area contributed by atoms with Crippen molar-refractivity contribution in [3.63, 3.8) is 0 Å². The second-order valence-electron chi connectivity index (χ2n) is 5.05. The van der Waals surface area contributed by atoms with Gasteiger partial charge in [-0.05, 0) is 13.0 Å². The number of nitrogens with one attached hydrogen (secondary N) is 1. The fraction of sp³-hybridized carbons (Fsp3) is 0.545. The van der Waals surface area contributed by atoms with Crippen molar-refractivity contribution in [3.8, 4) is 11.4 Å². The van der Waals surface area contributed by atoms with E-state index in [1.807, 2.05) is 18.7 Å². The Kier molecular flexibility index (Phi) is 2.33. The van der Waals surface area contributed by atoms with Gasteiger partial charge in [0.1, 0.15) is 5.69 Å². The van der Waals surface area contributed by atoms with E-state index < -0.39 is 0 Å². The Hall–Kier alpha value is -1.65. The van der Waals surface area contributed by atoms with E-state index in [-0.39, 0.29) is 5.41 Å². The topological polar surface area (TPSA) is 59.4 Å². The molecule has 0 bridgehead atoms. The van der Waals surface area contributed by atoms with Crippen molar-refractivity contribution in [1.29, 1.82) is 0 Å². The molecule has 0 spiro atoms. The average Bonchev–Trinajstić information content (AvgIpc) is 2.70. The molecule has 0 radical (unpaired) electrons. The highest BCUT2D eigenvalue weighted by Crippen LogP contribution is 2.26. The Bertz CT molecular complexity index is 501. The molecule has 0 aliphatic rings. The van der Waals surface area contributed by atoms with Gasteiger partial charge in [0.15, 0.2) is 0 Å². The summed E-state index contributed by atoms with van der Waals surface area (Å²) < 4.78 is 1.85. The highest BCUT2D eigenvalue weighted by Gasteiger charge is 2.21. The van der Waals surface area contributed by atoms with Crippen LogP contribution in [0.1, 0.15) is 32.2 Å². The van der Waals surface area contributed by atoms with Gasteiger partial charge in [-0.3, -0.25) is 4.68 Å². The lowest BCUT2D eigenvalue weighted by Crippen LogP contribution is -2.12. The predicted octanol–water partition coefficient (Wildman–Crippen LogP) is 1.81. The van der Waals surface area contributed by atoms with Crippen molar-refractivity contribution >= 4 is 0 Å². The molecule has 2 aromatic rings. The van der Waals surface area contributed by atoms with Gasteiger partial charge in [-0.1, -0.05) is 20.8 Å². The average molecular weight is 219 g/mol. The van der Waals surface area contributed by atoms with E-state index in [9.17, 15) is 0 Å². The second kappa shape index (κ2) is 3.43. The molecule has 0 fully saturated rings. The van der Waals surface area contributed by atoms with E-state index >= 15 is 0 Å². The van der Waals surface area contributed by atoms with Crippen molar-refractivity contribution in [2.24, 2.45) is 7.05 Å². The Labute approximate surface area is 94.9 Å². The second-order valence-corrected chi connectivity index (χ2v) is 5.05. The van der Waals surface area contributed by atoms with E-state index in [0.717, 1.165) is 22.8 Å². The number of hydrogen-bond acceptors (Lipinski definition) is 3. The fourth-order valence-electron chi connectivity index (χ4n) is 1.58.